The number of cyclic esters (lactones) is 1. The van der Waals surface area contributed by atoms with Gasteiger partial charge in [-0.1, -0.05) is 71.1 Å². The van der Waals surface area contributed by atoms with E-state index < -0.39 is 77.8 Å². The fourth-order valence-corrected chi connectivity index (χ4v) is 10.5. The molecule has 3 aliphatic heterocycles. The van der Waals surface area contributed by atoms with E-state index in [-0.39, 0.29) is 60.9 Å². The summed E-state index contributed by atoms with van der Waals surface area (Å²) in [5, 5.41) is 23.5. The van der Waals surface area contributed by atoms with Crippen LogP contribution in [0.4, 0.5) is 0 Å². The molecule has 2 saturated heterocycles. The molecule has 0 aromatic rings. The molecule has 0 radical (unpaired) electrons. The Kier molecular flexibility index (Phi) is 22.3. The van der Waals surface area contributed by atoms with Crippen molar-refractivity contribution in [2.75, 3.05) is 34.5 Å². The van der Waals surface area contributed by atoms with Crippen LogP contribution in [0, 0.1) is 35.5 Å². The summed E-state index contributed by atoms with van der Waals surface area (Å²) in [5.41, 5.74) is 1.22. The highest BCUT2D eigenvalue weighted by molar-refractivity contribution is 6.39. The van der Waals surface area contributed by atoms with Crippen molar-refractivity contribution < 1.29 is 62.6 Å². The number of hydrogen-bond acceptors (Lipinski definition) is 13. The summed E-state index contributed by atoms with van der Waals surface area (Å²) in [6.07, 6.45) is 12.8. The van der Waals surface area contributed by atoms with Gasteiger partial charge in [-0.2, -0.15) is 0 Å². The zero-order valence-electron chi connectivity index (χ0n) is 42.3. The molecule has 3 fully saturated rings. The number of rotatable bonds is 8. The van der Waals surface area contributed by atoms with Gasteiger partial charge < -0.3 is 43.5 Å². The predicted octanol–water partition coefficient (Wildman–Crippen LogP) is 7.22. The first-order valence-corrected chi connectivity index (χ1v) is 24.9. The molecular formula is C53H83NO13. The topological polar surface area (TPSA) is 184 Å². The van der Waals surface area contributed by atoms with Gasteiger partial charge >= 0.3 is 5.97 Å². The second-order valence-corrected chi connectivity index (χ2v) is 20.0. The standard InChI is InChI=1S/C53H83NO13/c1-12-65-43-24-22-39(29-46(43)63-10)28-35(5)45-31-42(55)34(4)27-37(7)48(57)49(64-11)47(56)36(6)26-32(2)18-14-13-15-19-33(3)44(62-9)30-40-23-21-38(8)53(61,67-40)50(58)51(59)54-25-17-16-20-41(54)52(60)66-45/h13-15,18-19,27,32,35-41,43-46,48-49,57,61H,12,16-17,20-26,28-31H2,1-11H3/b15-13?,18-14?,33-19?,34-27-. The van der Waals surface area contributed by atoms with Crippen LogP contribution in [0.5, 0.6) is 0 Å². The van der Waals surface area contributed by atoms with E-state index in [1.165, 1.54) is 12.0 Å². The number of ether oxygens (including phenoxy) is 6. The van der Waals surface area contributed by atoms with E-state index in [0.717, 1.165) is 24.8 Å². The molecule has 2 bridgehead atoms. The van der Waals surface area contributed by atoms with Gasteiger partial charge in [0.15, 0.2) is 11.6 Å². The van der Waals surface area contributed by atoms with Crippen LogP contribution in [-0.4, -0.2) is 133 Å². The summed E-state index contributed by atoms with van der Waals surface area (Å²) < 4.78 is 35.7. The number of aliphatic hydroxyl groups excluding tert-OH is 1. The normalized spacial score (nSPS) is 37.8. The third-order valence-corrected chi connectivity index (χ3v) is 14.8. The van der Waals surface area contributed by atoms with Crippen molar-refractivity contribution in [2.45, 2.75) is 187 Å². The summed E-state index contributed by atoms with van der Waals surface area (Å²) in [6, 6.07) is -1.13. The van der Waals surface area contributed by atoms with E-state index in [0.29, 0.717) is 57.1 Å². The van der Waals surface area contributed by atoms with Gasteiger partial charge in [0.25, 0.3) is 11.7 Å². The SMILES string of the molecule is CCOC1CCC(CC(C)C2CC(=O)/C(C)=C\C(C)C(O)C(OC)C(=O)C(C)CC(C)C=CC=CC=C(C)C(OC)CC3CCC(C)C(O)(O3)C(=O)C(=O)N3CCCCC3C(=O)O2)CC1OC. The second-order valence-electron chi connectivity index (χ2n) is 20.0. The molecular weight excluding hydrogens is 859 g/mol. The number of aliphatic hydroxyl groups is 2. The van der Waals surface area contributed by atoms with E-state index in [2.05, 4.69) is 0 Å². The van der Waals surface area contributed by atoms with E-state index >= 15 is 0 Å². The van der Waals surface area contributed by atoms with E-state index in [1.54, 1.807) is 41.1 Å². The van der Waals surface area contributed by atoms with E-state index in [9.17, 15) is 34.2 Å². The molecule has 15 atom stereocenters. The first-order chi connectivity index (χ1) is 31.8. The van der Waals surface area contributed by atoms with Gasteiger partial charge in [0, 0.05) is 65.1 Å². The summed E-state index contributed by atoms with van der Waals surface area (Å²) >= 11 is 0. The van der Waals surface area contributed by atoms with Crippen LogP contribution in [0.3, 0.4) is 0 Å². The molecule has 378 valence electrons. The van der Waals surface area contributed by atoms with Crippen LogP contribution < -0.4 is 0 Å². The number of methoxy groups -OCH3 is 3. The van der Waals surface area contributed by atoms with Gasteiger partial charge in [0.2, 0.25) is 5.79 Å². The molecule has 0 aromatic heterocycles. The minimum Gasteiger partial charge on any atom is -0.460 e. The zero-order valence-corrected chi connectivity index (χ0v) is 42.3. The molecule has 14 nitrogen and oxygen atoms in total. The summed E-state index contributed by atoms with van der Waals surface area (Å²) in [6.45, 7) is 15.4. The van der Waals surface area contributed by atoms with Crippen molar-refractivity contribution in [3.8, 4) is 0 Å². The highest BCUT2D eigenvalue weighted by Crippen LogP contribution is 2.38. The molecule has 3 heterocycles. The van der Waals surface area contributed by atoms with Crippen LogP contribution in [0.1, 0.15) is 132 Å². The number of ketones is 3. The van der Waals surface area contributed by atoms with Crippen LogP contribution in [-0.2, 0) is 52.4 Å². The predicted molar refractivity (Wildman–Crippen MR) is 255 cm³/mol. The smallest absolute Gasteiger partial charge is 0.329 e. The minimum absolute atomic E-state index is 0.0203. The third-order valence-electron chi connectivity index (χ3n) is 14.8. The fraction of sp³-hybridized carbons (Fsp3) is 0.755. The number of carbonyl (C=O) groups is 5. The van der Waals surface area contributed by atoms with E-state index in [4.69, 9.17) is 28.4 Å². The fourth-order valence-electron chi connectivity index (χ4n) is 10.5. The molecule has 0 spiro atoms. The first kappa shape index (κ1) is 56.2. The van der Waals surface area contributed by atoms with Crippen LogP contribution >= 0.6 is 0 Å². The lowest BCUT2D eigenvalue weighted by atomic mass is 9.78. The molecule has 0 aromatic carbocycles. The lowest BCUT2D eigenvalue weighted by molar-refractivity contribution is -0.265. The molecule has 1 saturated carbocycles. The van der Waals surface area contributed by atoms with Crippen molar-refractivity contribution in [3.63, 3.8) is 0 Å². The van der Waals surface area contributed by atoms with Crippen molar-refractivity contribution >= 4 is 29.2 Å². The second kappa shape index (κ2) is 26.6. The van der Waals surface area contributed by atoms with Crippen LogP contribution in [0.2, 0.25) is 0 Å². The Morgan fingerprint density at radius 2 is 1.60 bits per heavy atom. The average molecular weight is 942 g/mol. The molecule has 15 unspecified atom stereocenters. The molecule has 67 heavy (non-hydrogen) atoms. The number of Topliss-reactive ketones (excluding diaryl/α,β-unsaturated/α-hetero) is 3. The first-order valence-electron chi connectivity index (χ1n) is 24.9. The highest BCUT2D eigenvalue weighted by Gasteiger charge is 2.53. The number of hydrogen-bond donors (Lipinski definition) is 2. The van der Waals surface area contributed by atoms with Gasteiger partial charge in [-0.05, 0) is 114 Å². The van der Waals surface area contributed by atoms with Gasteiger partial charge in [-0.15, -0.1) is 0 Å². The Morgan fingerprint density at radius 1 is 0.866 bits per heavy atom. The largest absolute Gasteiger partial charge is 0.460 e. The van der Waals surface area contributed by atoms with Gasteiger partial charge in [0.1, 0.15) is 18.2 Å². The third kappa shape index (κ3) is 15.1. The maximum absolute atomic E-state index is 14.4. The Labute approximate surface area is 400 Å². The number of fused-ring (bicyclic) bond motifs is 3. The molecule has 2 N–H and O–H groups in total. The quantitative estimate of drug-likeness (QED) is 0.184. The highest BCUT2D eigenvalue weighted by atomic mass is 16.6. The average Bonchev–Trinajstić information content (AvgIpc) is 3.30. The Morgan fingerprint density at radius 3 is 2.27 bits per heavy atom. The lowest BCUT2D eigenvalue weighted by Gasteiger charge is -2.42. The Bertz CT molecular complexity index is 1790. The minimum atomic E-state index is -2.42. The van der Waals surface area contributed by atoms with Crippen LogP contribution in [0.15, 0.2) is 47.6 Å². The van der Waals surface area contributed by atoms with Gasteiger partial charge in [0.05, 0.1) is 30.5 Å². The Balaban J connectivity index is 1.70. The molecule has 4 aliphatic rings. The number of piperidine rings is 1. The van der Waals surface area contributed by atoms with Crippen molar-refractivity contribution in [2.24, 2.45) is 35.5 Å². The molecule has 1 aliphatic carbocycles. The number of nitrogens with zero attached hydrogens (tertiary/aromatic N) is 1. The zero-order chi connectivity index (χ0) is 49.6. The monoisotopic (exact) mass is 942 g/mol. The van der Waals surface area contributed by atoms with Crippen molar-refractivity contribution in [1.82, 2.24) is 4.90 Å². The van der Waals surface area contributed by atoms with E-state index in [1.807, 2.05) is 65.0 Å². The number of carbonyl (C=O) groups excluding carboxylic acids is 5. The van der Waals surface area contributed by atoms with Crippen molar-refractivity contribution in [1.29, 1.82) is 0 Å². The van der Waals surface area contributed by atoms with Crippen LogP contribution in [0.25, 0.3) is 0 Å². The summed E-state index contributed by atoms with van der Waals surface area (Å²) in [7, 11) is 4.66. The van der Waals surface area contributed by atoms with Crippen molar-refractivity contribution in [3.05, 3.63) is 47.6 Å². The number of esters is 1. The maximum atomic E-state index is 14.4. The molecule has 14 heteroatoms. The lowest BCUT2D eigenvalue weighted by Crippen LogP contribution is -2.61. The summed E-state index contributed by atoms with van der Waals surface area (Å²) in [4.78, 5) is 72.1. The number of allylic oxidation sites excluding steroid dienone is 6. The molecule has 4 rings (SSSR count). The molecule has 1 amide bonds. The maximum Gasteiger partial charge on any atom is 0.329 e. The summed E-state index contributed by atoms with van der Waals surface area (Å²) in [5.74, 6) is -7.69. The Hall–Kier alpha value is -3.37. The van der Waals surface area contributed by atoms with Gasteiger partial charge in [-0.25, -0.2) is 4.79 Å². The van der Waals surface area contributed by atoms with Gasteiger partial charge in [-0.3, -0.25) is 19.2 Å². The number of amides is 1.